The average Bonchev–Trinajstić information content (AvgIpc) is 3.53. The van der Waals surface area contributed by atoms with Crippen molar-refractivity contribution in [3.63, 3.8) is 0 Å². The lowest BCUT2D eigenvalue weighted by molar-refractivity contribution is -0.134. The molecule has 2 saturated heterocycles. The van der Waals surface area contributed by atoms with Gasteiger partial charge < -0.3 is 4.90 Å². The fourth-order valence-electron chi connectivity index (χ4n) is 3.89. The summed E-state index contributed by atoms with van der Waals surface area (Å²) in [6.45, 7) is 2.79. The Labute approximate surface area is 211 Å². The molecule has 0 aliphatic carbocycles. The molecule has 0 N–H and O–H groups in total. The first-order chi connectivity index (χ1) is 15.7. The van der Waals surface area contributed by atoms with Gasteiger partial charge in [0.05, 0.1) is 23.0 Å². The van der Waals surface area contributed by atoms with Crippen molar-refractivity contribution < 1.29 is 18.0 Å². The number of thiophene rings is 2. The highest BCUT2D eigenvalue weighted by atomic mass is 32.2. The van der Waals surface area contributed by atoms with Gasteiger partial charge in [0.15, 0.2) is 9.84 Å². The van der Waals surface area contributed by atoms with Gasteiger partial charge in [0, 0.05) is 28.8 Å². The minimum Gasteiger partial charge on any atom is -0.334 e. The molecule has 33 heavy (non-hydrogen) atoms. The van der Waals surface area contributed by atoms with Gasteiger partial charge in [-0.2, -0.15) is 0 Å². The monoisotopic (exact) mass is 540 g/mol. The number of amides is 2. The Bertz CT molecular complexity index is 1180. The largest absolute Gasteiger partial charge is 0.334 e. The zero-order chi connectivity index (χ0) is 23.6. The lowest BCUT2D eigenvalue weighted by atomic mass is 10.1. The molecule has 176 valence electrons. The van der Waals surface area contributed by atoms with E-state index in [0.717, 1.165) is 15.3 Å². The van der Waals surface area contributed by atoms with Crippen LogP contribution in [0.3, 0.4) is 0 Å². The maximum absolute atomic E-state index is 13.2. The Morgan fingerprint density at radius 3 is 2.76 bits per heavy atom. The van der Waals surface area contributed by atoms with Gasteiger partial charge >= 0.3 is 0 Å². The van der Waals surface area contributed by atoms with Crippen LogP contribution in [0, 0.1) is 6.92 Å². The van der Waals surface area contributed by atoms with Crippen LogP contribution in [0.1, 0.15) is 34.6 Å². The summed E-state index contributed by atoms with van der Waals surface area (Å²) in [6.07, 6.45) is 3.03. The van der Waals surface area contributed by atoms with Gasteiger partial charge in [0.2, 0.25) is 5.91 Å². The Hall–Kier alpha value is -1.53. The molecule has 2 aromatic rings. The molecular weight excluding hydrogens is 517 g/mol. The molecule has 6 nitrogen and oxygen atoms in total. The van der Waals surface area contributed by atoms with Crippen LogP contribution in [0.2, 0.25) is 0 Å². The van der Waals surface area contributed by atoms with Crippen LogP contribution >= 0.6 is 46.7 Å². The van der Waals surface area contributed by atoms with Gasteiger partial charge in [0.25, 0.3) is 5.91 Å². The van der Waals surface area contributed by atoms with Crippen LogP contribution in [0.4, 0.5) is 0 Å². The molecule has 0 bridgehead atoms. The molecule has 2 amide bonds. The predicted octanol–water partition coefficient (Wildman–Crippen LogP) is 4.32. The molecule has 2 fully saturated rings. The third-order valence-corrected chi connectivity index (χ3v) is 10.7. The van der Waals surface area contributed by atoms with Crippen LogP contribution in [-0.4, -0.2) is 58.4 Å². The van der Waals surface area contributed by atoms with Crippen molar-refractivity contribution in [2.75, 3.05) is 18.1 Å². The van der Waals surface area contributed by atoms with E-state index in [1.54, 1.807) is 32.5 Å². The zero-order valence-electron chi connectivity index (χ0n) is 18.1. The van der Waals surface area contributed by atoms with Gasteiger partial charge in [-0.3, -0.25) is 14.5 Å². The molecule has 2 aliphatic rings. The molecule has 0 radical (unpaired) electrons. The van der Waals surface area contributed by atoms with Gasteiger partial charge in [0.1, 0.15) is 4.32 Å². The second-order valence-corrected chi connectivity index (χ2v) is 13.9. The second-order valence-electron chi connectivity index (χ2n) is 8.06. The minimum atomic E-state index is -3.11. The van der Waals surface area contributed by atoms with E-state index in [0.29, 0.717) is 35.2 Å². The van der Waals surface area contributed by atoms with Gasteiger partial charge in [-0.15, -0.1) is 22.7 Å². The summed E-state index contributed by atoms with van der Waals surface area (Å²) < 4.78 is 24.6. The molecular formula is C22H24N2O4S5. The number of hydrogen-bond donors (Lipinski definition) is 0. The van der Waals surface area contributed by atoms with Crippen molar-refractivity contribution in [3.8, 4) is 0 Å². The number of rotatable bonds is 8. The molecule has 4 heterocycles. The van der Waals surface area contributed by atoms with Crippen molar-refractivity contribution in [2.45, 2.75) is 38.8 Å². The third-order valence-electron chi connectivity index (χ3n) is 5.71. The number of hydrogen-bond acceptors (Lipinski definition) is 8. The predicted molar refractivity (Wildman–Crippen MR) is 140 cm³/mol. The van der Waals surface area contributed by atoms with E-state index in [4.69, 9.17) is 12.2 Å². The Kier molecular flexibility index (Phi) is 7.74. The molecule has 1 unspecified atom stereocenters. The number of thioether (sulfide) groups is 1. The van der Waals surface area contributed by atoms with E-state index in [1.807, 2.05) is 42.0 Å². The van der Waals surface area contributed by atoms with Gasteiger partial charge in [-0.1, -0.05) is 30.0 Å². The highest BCUT2D eigenvalue weighted by Crippen LogP contribution is 2.33. The molecule has 11 heteroatoms. The fraction of sp³-hybridized carbons (Fsp3) is 0.409. The maximum Gasteiger partial charge on any atom is 0.266 e. The summed E-state index contributed by atoms with van der Waals surface area (Å²) in [7, 11) is -3.11. The van der Waals surface area contributed by atoms with Crippen LogP contribution in [0.25, 0.3) is 6.08 Å². The lowest BCUT2D eigenvalue weighted by Gasteiger charge is -2.28. The van der Waals surface area contributed by atoms with Crippen molar-refractivity contribution in [1.29, 1.82) is 0 Å². The maximum atomic E-state index is 13.2. The number of sulfone groups is 1. The van der Waals surface area contributed by atoms with Crippen LogP contribution in [-0.2, 0) is 26.0 Å². The number of aryl methyl sites for hydroxylation is 1. The number of thiocarbonyl (C=S) groups is 1. The van der Waals surface area contributed by atoms with E-state index in [2.05, 4.69) is 0 Å². The van der Waals surface area contributed by atoms with Crippen molar-refractivity contribution in [3.05, 3.63) is 49.2 Å². The second kappa shape index (κ2) is 10.4. The van der Waals surface area contributed by atoms with Gasteiger partial charge in [-0.25, -0.2) is 8.42 Å². The molecule has 0 saturated carbocycles. The summed E-state index contributed by atoms with van der Waals surface area (Å²) in [5.41, 5.74) is 1.11. The van der Waals surface area contributed by atoms with Crippen LogP contribution < -0.4 is 0 Å². The minimum absolute atomic E-state index is 0.0192. The molecule has 1 atom stereocenters. The molecule has 0 aromatic carbocycles. The summed E-state index contributed by atoms with van der Waals surface area (Å²) in [6, 6.07) is 5.59. The topological polar surface area (TPSA) is 74.8 Å². The average molecular weight is 541 g/mol. The zero-order valence-corrected chi connectivity index (χ0v) is 22.1. The Morgan fingerprint density at radius 1 is 1.30 bits per heavy atom. The third kappa shape index (κ3) is 5.94. The normalized spacial score (nSPS) is 21.3. The highest BCUT2D eigenvalue weighted by Gasteiger charge is 2.35. The van der Waals surface area contributed by atoms with Gasteiger partial charge in [-0.05, 0) is 54.3 Å². The highest BCUT2D eigenvalue weighted by molar-refractivity contribution is 8.26. The first kappa shape index (κ1) is 24.6. The van der Waals surface area contributed by atoms with Crippen LogP contribution in [0.5, 0.6) is 0 Å². The quantitative estimate of drug-likeness (QED) is 0.367. The Morgan fingerprint density at radius 2 is 2.12 bits per heavy atom. The van der Waals surface area contributed by atoms with E-state index >= 15 is 0 Å². The smallest absolute Gasteiger partial charge is 0.266 e. The van der Waals surface area contributed by atoms with E-state index in [9.17, 15) is 18.0 Å². The summed E-state index contributed by atoms with van der Waals surface area (Å²) in [5.74, 6) is -0.0631. The molecule has 2 aliphatic heterocycles. The molecule has 4 rings (SSSR count). The lowest BCUT2D eigenvalue weighted by Crippen LogP contribution is -2.41. The standard InChI is InChI=1S/C22H24N2O4S5/c1-15-6-10-31-19(15)13-24(16-7-11-33(27,28)14-16)20(25)5-2-8-23-21(26)18(32-22(23)29)12-17-4-3-9-30-17/h3-4,6,9-10,12,16H,2,5,7-8,11,13-14H2,1H3/b18-12-. The van der Waals surface area contributed by atoms with Crippen molar-refractivity contribution in [1.82, 2.24) is 9.80 Å². The SMILES string of the molecule is Cc1ccsc1CN(C(=O)CCCN1C(=O)/C(=C/c2cccs2)SC1=S)C1CCS(=O)(=O)C1. The first-order valence-electron chi connectivity index (χ1n) is 10.6. The van der Waals surface area contributed by atoms with E-state index in [-0.39, 0.29) is 35.8 Å². The number of carbonyl (C=O) groups is 2. The first-order valence-corrected chi connectivity index (χ1v) is 15.4. The van der Waals surface area contributed by atoms with Crippen molar-refractivity contribution >= 4 is 78.7 Å². The summed E-state index contributed by atoms with van der Waals surface area (Å²) >= 11 is 9.82. The fourth-order valence-corrected chi connectivity index (χ4v) is 8.56. The van der Waals surface area contributed by atoms with Crippen LogP contribution in [0.15, 0.2) is 33.9 Å². The summed E-state index contributed by atoms with van der Waals surface area (Å²) in [4.78, 5) is 31.9. The van der Waals surface area contributed by atoms with E-state index in [1.165, 1.54) is 11.8 Å². The Balaban J connectivity index is 1.38. The number of carbonyl (C=O) groups excluding carboxylic acids is 2. The van der Waals surface area contributed by atoms with E-state index < -0.39 is 9.84 Å². The number of nitrogens with zero attached hydrogens (tertiary/aromatic N) is 2. The summed E-state index contributed by atoms with van der Waals surface area (Å²) in [5, 5.41) is 3.94. The molecule has 2 aromatic heterocycles. The van der Waals surface area contributed by atoms with Crippen molar-refractivity contribution in [2.24, 2.45) is 0 Å². The molecule has 0 spiro atoms.